The Morgan fingerprint density at radius 1 is 1.47 bits per heavy atom. The topological polar surface area (TPSA) is 64.3 Å². The van der Waals surface area contributed by atoms with Crippen molar-refractivity contribution in [1.29, 1.82) is 0 Å². The van der Waals surface area contributed by atoms with Gasteiger partial charge in [0.2, 0.25) is 0 Å². The first-order valence-corrected chi connectivity index (χ1v) is 6.88. The molecule has 1 aromatic carbocycles. The lowest BCUT2D eigenvalue weighted by Gasteiger charge is -2.12. The SMILES string of the molecule is CC(N)Cc1ccccc1OCC(=O)NCC1CC1. The van der Waals surface area contributed by atoms with Gasteiger partial charge in [-0.1, -0.05) is 18.2 Å². The van der Waals surface area contributed by atoms with E-state index in [1.165, 1.54) is 12.8 Å². The Morgan fingerprint density at radius 2 is 2.21 bits per heavy atom. The molecule has 0 bridgehead atoms. The van der Waals surface area contributed by atoms with E-state index in [1.807, 2.05) is 31.2 Å². The van der Waals surface area contributed by atoms with Gasteiger partial charge in [0.1, 0.15) is 5.75 Å². The highest BCUT2D eigenvalue weighted by atomic mass is 16.5. The lowest BCUT2D eigenvalue weighted by Crippen LogP contribution is -2.30. The van der Waals surface area contributed by atoms with Gasteiger partial charge in [0, 0.05) is 12.6 Å². The average molecular weight is 262 g/mol. The highest BCUT2D eigenvalue weighted by Crippen LogP contribution is 2.27. The highest BCUT2D eigenvalue weighted by Gasteiger charge is 2.21. The monoisotopic (exact) mass is 262 g/mol. The standard InChI is InChI=1S/C15H22N2O2/c1-11(16)8-13-4-2-3-5-14(13)19-10-15(18)17-9-12-6-7-12/h2-5,11-12H,6-10,16H2,1H3,(H,17,18). The molecule has 0 spiro atoms. The number of hydrogen-bond acceptors (Lipinski definition) is 3. The molecule has 0 radical (unpaired) electrons. The molecule has 0 aromatic heterocycles. The van der Waals surface area contributed by atoms with E-state index in [1.54, 1.807) is 0 Å². The van der Waals surface area contributed by atoms with Crippen LogP contribution in [-0.4, -0.2) is 25.1 Å². The highest BCUT2D eigenvalue weighted by molar-refractivity contribution is 5.77. The minimum atomic E-state index is -0.0532. The zero-order valence-electron chi connectivity index (χ0n) is 11.4. The second kappa shape index (κ2) is 6.57. The van der Waals surface area contributed by atoms with E-state index in [0.717, 1.165) is 24.3 Å². The maximum atomic E-state index is 11.6. The summed E-state index contributed by atoms with van der Waals surface area (Å²) in [4.78, 5) is 11.6. The molecule has 1 aliphatic rings. The smallest absolute Gasteiger partial charge is 0.257 e. The van der Waals surface area contributed by atoms with E-state index < -0.39 is 0 Å². The molecule has 1 atom stereocenters. The van der Waals surface area contributed by atoms with Crippen molar-refractivity contribution in [2.24, 2.45) is 11.7 Å². The molecule has 104 valence electrons. The fraction of sp³-hybridized carbons (Fsp3) is 0.533. The van der Waals surface area contributed by atoms with Gasteiger partial charge in [-0.15, -0.1) is 0 Å². The molecule has 1 aliphatic carbocycles. The average Bonchev–Trinajstić information content (AvgIpc) is 3.18. The Kier molecular flexibility index (Phi) is 4.80. The van der Waals surface area contributed by atoms with Crippen molar-refractivity contribution >= 4 is 5.91 Å². The van der Waals surface area contributed by atoms with Crippen molar-refractivity contribution in [3.8, 4) is 5.75 Å². The number of hydrogen-bond donors (Lipinski definition) is 2. The predicted octanol–water partition coefficient (Wildman–Crippen LogP) is 1.48. The van der Waals surface area contributed by atoms with Crippen LogP contribution in [0.4, 0.5) is 0 Å². The van der Waals surface area contributed by atoms with Crippen LogP contribution in [0, 0.1) is 5.92 Å². The summed E-state index contributed by atoms with van der Waals surface area (Å²) in [5, 5.41) is 2.89. The molecule has 1 aromatic rings. The summed E-state index contributed by atoms with van der Waals surface area (Å²) < 4.78 is 5.58. The molecule has 2 rings (SSSR count). The zero-order valence-corrected chi connectivity index (χ0v) is 11.4. The lowest BCUT2D eigenvalue weighted by atomic mass is 10.1. The van der Waals surface area contributed by atoms with E-state index in [4.69, 9.17) is 10.5 Å². The summed E-state index contributed by atoms with van der Waals surface area (Å²) in [7, 11) is 0. The largest absolute Gasteiger partial charge is 0.483 e. The molecular weight excluding hydrogens is 240 g/mol. The van der Waals surface area contributed by atoms with E-state index in [2.05, 4.69) is 5.32 Å². The number of ether oxygens (including phenoxy) is 1. The number of rotatable bonds is 7. The normalized spacial score (nSPS) is 15.9. The number of para-hydroxylation sites is 1. The number of nitrogens with two attached hydrogens (primary N) is 1. The van der Waals surface area contributed by atoms with Crippen LogP contribution < -0.4 is 15.8 Å². The predicted molar refractivity (Wildman–Crippen MR) is 75.0 cm³/mol. The molecule has 0 heterocycles. The molecule has 1 saturated carbocycles. The molecule has 1 amide bonds. The summed E-state index contributed by atoms with van der Waals surface area (Å²) in [6, 6.07) is 7.81. The molecule has 4 heteroatoms. The van der Waals surface area contributed by atoms with Crippen LogP contribution in [0.15, 0.2) is 24.3 Å². The van der Waals surface area contributed by atoms with Gasteiger partial charge >= 0.3 is 0 Å². The van der Waals surface area contributed by atoms with E-state index in [0.29, 0.717) is 5.92 Å². The molecule has 1 fully saturated rings. The number of benzene rings is 1. The van der Waals surface area contributed by atoms with Gasteiger partial charge in [0.05, 0.1) is 0 Å². The minimum absolute atomic E-state index is 0.0532. The van der Waals surface area contributed by atoms with Gasteiger partial charge < -0.3 is 15.8 Å². The van der Waals surface area contributed by atoms with Crippen LogP contribution in [0.5, 0.6) is 5.75 Å². The summed E-state index contributed by atoms with van der Waals surface area (Å²) in [6.07, 6.45) is 3.22. The van der Waals surface area contributed by atoms with Crippen LogP contribution in [-0.2, 0) is 11.2 Å². The van der Waals surface area contributed by atoms with Crippen LogP contribution in [0.2, 0.25) is 0 Å². The maximum absolute atomic E-state index is 11.6. The minimum Gasteiger partial charge on any atom is -0.483 e. The molecule has 1 unspecified atom stereocenters. The first-order valence-electron chi connectivity index (χ1n) is 6.88. The van der Waals surface area contributed by atoms with Crippen molar-refractivity contribution in [1.82, 2.24) is 5.32 Å². The van der Waals surface area contributed by atoms with Crippen LogP contribution in [0.1, 0.15) is 25.3 Å². The molecule has 4 nitrogen and oxygen atoms in total. The number of nitrogens with one attached hydrogen (secondary N) is 1. The third kappa shape index (κ3) is 4.91. The van der Waals surface area contributed by atoms with Gasteiger partial charge in [-0.05, 0) is 43.7 Å². The van der Waals surface area contributed by atoms with Crippen LogP contribution in [0.3, 0.4) is 0 Å². The summed E-state index contributed by atoms with van der Waals surface area (Å²) in [5.41, 5.74) is 6.85. The summed E-state index contributed by atoms with van der Waals surface area (Å²) in [6.45, 7) is 2.81. The Labute approximate surface area is 114 Å². The third-order valence-electron chi connectivity index (χ3n) is 3.16. The second-order valence-electron chi connectivity index (χ2n) is 5.33. The lowest BCUT2D eigenvalue weighted by molar-refractivity contribution is -0.123. The van der Waals surface area contributed by atoms with Crippen molar-refractivity contribution in [2.45, 2.75) is 32.2 Å². The molecule has 0 aliphatic heterocycles. The van der Waals surface area contributed by atoms with Crippen molar-refractivity contribution in [3.63, 3.8) is 0 Å². The zero-order chi connectivity index (χ0) is 13.7. The van der Waals surface area contributed by atoms with Crippen LogP contribution in [0.25, 0.3) is 0 Å². The molecule has 0 saturated heterocycles. The fourth-order valence-electron chi connectivity index (χ4n) is 1.93. The van der Waals surface area contributed by atoms with Crippen molar-refractivity contribution in [3.05, 3.63) is 29.8 Å². The quantitative estimate of drug-likeness (QED) is 0.782. The Morgan fingerprint density at radius 3 is 2.89 bits per heavy atom. The molecule has 3 N–H and O–H groups in total. The van der Waals surface area contributed by atoms with Crippen molar-refractivity contribution < 1.29 is 9.53 Å². The Bertz CT molecular complexity index is 428. The third-order valence-corrected chi connectivity index (χ3v) is 3.16. The first-order chi connectivity index (χ1) is 9.15. The maximum Gasteiger partial charge on any atom is 0.257 e. The molecule has 19 heavy (non-hydrogen) atoms. The van der Waals surface area contributed by atoms with Gasteiger partial charge in [-0.3, -0.25) is 4.79 Å². The van der Waals surface area contributed by atoms with Gasteiger partial charge in [-0.25, -0.2) is 0 Å². The van der Waals surface area contributed by atoms with E-state index in [9.17, 15) is 4.79 Å². The van der Waals surface area contributed by atoms with E-state index >= 15 is 0 Å². The first kappa shape index (κ1) is 13.9. The summed E-state index contributed by atoms with van der Waals surface area (Å²) in [5.74, 6) is 1.39. The second-order valence-corrected chi connectivity index (χ2v) is 5.33. The molecular formula is C15H22N2O2. The summed E-state index contributed by atoms with van der Waals surface area (Å²) >= 11 is 0. The fourth-order valence-corrected chi connectivity index (χ4v) is 1.93. The number of carbonyl (C=O) groups is 1. The number of carbonyl (C=O) groups excluding carboxylic acids is 1. The van der Waals surface area contributed by atoms with Gasteiger partial charge in [0.15, 0.2) is 6.61 Å². The Hall–Kier alpha value is -1.55. The Balaban J connectivity index is 1.81. The van der Waals surface area contributed by atoms with Gasteiger partial charge in [-0.2, -0.15) is 0 Å². The van der Waals surface area contributed by atoms with E-state index in [-0.39, 0.29) is 18.6 Å². The van der Waals surface area contributed by atoms with Gasteiger partial charge in [0.25, 0.3) is 5.91 Å². The number of amides is 1. The van der Waals surface area contributed by atoms with Crippen molar-refractivity contribution in [2.75, 3.05) is 13.2 Å². The van der Waals surface area contributed by atoms with Crippen LogP contribution >= 0.6 is 0 Å².